The molecule has 0 unspecified atom stereocenters. The van der Waals surface area contributed by atoms with E-state index in [1.54, 1.807) is 11.3 Å². The van der Waals surface area contributed by atoms with Crippen LogP contribution < -0.4 is 0 Å². The quantitative estimate of drug-likeness (QED) is 0.889. The first kappa shape index (κ1) is 10.1. The number of thiazole rings is 1. The lowest BCUT2D eigenvalue weighted by molar-refractivity contribution is 0.255. The van der Waals surface area contributed by atoms with Crippen LogP contribution in [0.5, 0.6) is 0 Å². The van der Waals surface area contributed by atoms with Gasteiger partial charge in [0.05, 0.1) is 6.61 Å². The summed E-state index contributed by atoms with van der Waals surface area (Å²) in [6.07, 6.45) is 2.10. The van der Waals surface area contributed by atoms with Crippen LogP contribution in [0.25, 0.3) is 11.5 Å². The van der Waals surface area contributed by atoms with Gasteiger partial charge in [-0.1, -0.05) is 0 Å². The summed E-state index contributed by atoms with van der Waals surface area (Å²) in [5, 5.41) is 12.4. The standard InChI is InChI=1S/C12H13NO2S/c1-8-2-3-10(15-8)9-6-16-11(13-9)12(7-14)4-5-12/h2-3,6,14H,4-5,7H2,1H3. The van der Waals surface area contributed by atoms with Crippen molar-refractivity contribution in [2.75, 3.05) is 6.61 Å². The summed E-state index contributed by atoms with van der Waals surface area (Å²) in [7, 11) is 0. The molecule has 2 heterocycles. The summed E-state index contributed by atoms with van der Waals surface area (Å²) in [6.45, 7) is 2.13. The van der Waals surface area contributed by atoms with E-state index in [1.807, 2.05) is 24.4 Å². The Hall–Kier alpha value is -1.13. The zero-order chi connectivity index (χ0) is 11.2. The van der Waals surface area contributed by atoms with Crippen LogP contribution in [-0.4, -0.2) is 16.7 Å². The normalized spacial score (nSPS) is 17.6. The average molecular weight is 235 g/mol. The summed E-state index contributed by atoms with van der Waals surface area (Å²) in [5.74, 6) is 1.71. The molecule has 3 rings (SSSR count). The Bertz CT molecular complexity index is 511. The van der Waals surface area contributed by atoms with Gasteiger partial charge in [-0.3, -0.25) is 0 Å². The van der Waals surface area contributed by atoms with Crippen LogP contribution >= 0.6 is 11.3 Å². The smallest absolute Gasteiger partial charge is 0.153 e. The van der Waals surface area contributed by atoms with E-state index in [-0.39, 0.29) is 12.0 Å². The molecule has 1 saturated carbocycles. The molecule has 4 heteroatoms. The highest BCUT2D eigenvalue weighted by Gasteiger charge is 2.46. The summed E-state index contributed by atoms with van der Waals surface area (Å²) in [6, 6.07) is 3.87. The first-order valence-electron chi connectivity index (χ1n) is 5.37. The number of hydrogen-bond donors (Lipinski definition) is 1. The third-order valence-electron chi connectivity index (χ3n) is 3.11. The van der Waals surface area contributed by atoms with Crippen molar-refractivity contribution in [2.45, 2.75) is 25.2 Å². The molecule has 0 aliphatic heterocycles. The Balaban J connectivity index is 1.94. The fourth-order valence-corrected chi connectivity index (χ4v) is 2.86. The van der Waals surface area contributed by atoms with Gasteiger partial charge >= 0.3 is 0 Å². The van der Waals surface area contributed by atoms with Gasteiger partial charge in [0, 0.05) is 10.8 Å². The monoisotopic (exact) mass is 235 g/mol. The molecular formula is C12H13NO2S. The van der Waals surface area contributed by atoms with Crippen molar-refractivity contribution in [3.05, 3.63) is 28.3 Å². The second-order valence-corrected chi connectivity index (χ2v) is 5.24. The van der Waals surface area contributed by atoms with Crippen molar-refractivity contribution >= 4 is 11.3 Å². The fourth-order valence-electron chi connectivity index (χ4n) is 1.79. The lowest BCUT2D eigenvalue weighted by atomic mass is 10.1. The van der Waals surface area contributed by atoms with E-state index in [0.717, 1.165) is 35.1 Å². The van der Waals surface area contributed by atoms with Gasteiger partial charge in [-0.2, -0.15) is 0 Å². The second kappa shape index (κ2) is 3.43. The number of rotatable bonds is 3. The number of nitrogens with zero attached hydrogens (tertiary/aromatic N) is 1. The lowest BCUT2D eigenvalue weighted by Gasteiger charge is -2.05. The van der Waals surface area contributed by atoms with Crippen molar-refractivity contribution in [3.63, 3.8) is 0 Å². The third-order valence-corrected chi connectivity index (χ3v) is 4.20. The number of furan rings is 1. The molecule has 2 aromatic rings. The van der Waals surface area contributed by atoms with Gasteiger partial charge in [0.1, 0.15) is 16.5 Å². The number of aromatic nitrogens is 1. The Labute approximate surface area is 97.8 Å². The molecule has 0 bridgehead atoms. The number of aliphatic hydroxyl groups excluding tert-OH is 1. The van der Waals surface area contributed by atoms with Crippen LogP contribution in [0.4, 0.5) is 0 Å². The lowest BCUT2D eigenvalue weighted by Crippen LogP contribution is -2.11. The fraction of sp³-hybridized carbons (Fsp3) is 0.417. The predicted octanol–water partition coefficient (Wildman–Crippen LogP) is 2.74. The highest BCUT2D eigenvalue weighted by atomic mass is 32.1. The van der Waals surface area contributed by atoms with Gasteiger partial charge in [-0.05, 0) is 31.9 Å². The minimum atomic E-state index is -0.0371. The summed E-state index contributed by atoms with van der Waals surface area (Å²) in [5.41, 5.74) is 0.845. The van der Waals surface area contributed by atoms with E-state index in [2.05, 4.69) is 4.98 Å². The molecule has 0 saturated heterocycles. The van der Waals surface area contributed by atoms with Crippen LogP contribution in [0.1, 0.15) is 23.6 Å². The third kappa shape index (κ3) is 1.49. The molecule has 16 heavy (non-hydrogen) atoms. The first-order valence-corrected chi connectivity index (χ1v) is 6.25. The Morgan fingerprint density at radius 1 is 1.50 bits per heavy atom. The highest BCUT2D eigenvalue weighted by Crippen LogP contribution is 2.49. The van der Waals surface area contributed by atoms with Crippen molar-refractivity contribution < 1.29 is 9.52 Å². The van der Waals surface area contributed by atoms with E-state index in [0.29, 0.717) is 0 Å². The van der Waals surface area contributed by atoms with Gasteiger partial charge in [-0.25, -0.2) is 4.98 Å². The molecule has 0 aromatic carbocycles. The minimum absolute atomic E-state index is 0.0371. The minimum Gasteiger partial charge on any atom is -0.460 e. The summed E-state index contributed by atoms with van der Waals surface area (Å²) < 4.78 is 5.53. The van der Waals surface area contributed by atoms with E-state index >= 15 is 0 Å². The zero-order valence-corrected chi connectivity index (χ0v) is 9.88. The molecule has 2 aromatic heterocycles. The van der Waals surface area contributed by atoms with E-state index in [1.165, 1.54) is 0 Å². The molecule has 3 nitrogen and oxygen atoms in total. The first-order chi connectivity index (χ1) is 7.73. The largest absolute Gasteiger partial charge is 0.460 e. The number of aryl methyl sites for hydroxylation is 1. The van der Waals surface area contributed by atoms with Crippen molar-refractivity contribution in [2.24, 2.45) is 0 Å². The molecule has 0 spiro atoms. The van der Waals surface area contributed by atoms with Gasteiger partial charge in [0.2, 0.25) is 0 Å². The SMILES string of the molecule is Cc1ccc(-c2csc(C3(CO)CC3)n2)o1. The zero-order valence-electron chi connectivity index (χ0n) is 9.06. The van der Waals surface area contributed by atoms with Gasteiger partial charge in [0.15, 0.2) is 5.76 Å². The van der Waals surface area contributed by atoms with E-state index in [9.17, 15) is 5.11 Å². The van der Waals surface area contributed by atoms with E-state index in [4.69, 9.17) is 4.42 Å². The second-order valence-electron chi connectivity index (χ2n) is 4.39. The molecular weight excluding hydrogens is 222 g/mol. The molecule has 0 radical (unpaired) electrons. The van der Waals surface area contributed by atoms with Crippen LogP contribution in [0.15, 0.2) is 21.9 Å². The summed E-state index contributed by atoms with van der Waals surface area (Å²) >= 11 is 1.62. The van der Waals surface area contributed by atoms with E-state index < -0.39 is 0 Å². The average Bonchev–Trinajstić information content (AvgIpc) is 2.74. The van der Waals surface area contributed by atoms with Gasteiger partial charge in [0.25, 0.3) is 0 Å². The van der Waals surface area contributed by atoms with Gasteiger partial charge in [-0.15, -0.1) is 11.3 Å². The molecule has 1 aliphatic rings. The number of aliphatic hydroxyl groups is 1. The topological polar surface area (TPSA) is 46.3 Å². The number of hydrogen-bond acceptors (Lipinski definition) is 4. The molecule has 0 amide bonds. The summed E-state index contributed by atoms with van der Waals surface area (Å²) in [4.78, 5) is 4.56. The molecule has 0 atom stereocenters. The van der Waals surface area contributed by atoms with Gasteiger partial charge < -0.3 is 9.52 Å². The maximum Gasteiger partial charge on any atom is 0.153 e. The van der Waals surface area contributed by atoms with Crippen LogP contribution in [0, 0.1) is 6.92 Å². The van der Waals surface area contributed by atoms with Crippen molar-refractivity contribution in [1.29, 1.82) is 0 Å². The highest BCUT2D eigenvalue weighted by molar-refractivity contribution is 7.10. The maximum atomic E-state index is 9.34. The Morgan fingerprint density at radius 2 is 2.31 bits per heavy atom. The van der Waals surface area contributed by atoms with Crippen LogP contribution in [0.2, 0.25) is 0 Å². The van der Waals surface area contributed by atoms with Crippen LogP contribution in [0.3, 0.4) is 0 Å². The predicted molar refractivity (Wildman–Crippen MR) is 62.6 cm³/mol. The Morgan fingerprint density at radius 3 is 2.88 bits per heavy atom. The maximum absolute atomic E-state index is 9.34. The molecule has 1 N–H and O–H groups in total. The molecule has 1 aliphatic carbocycles. The van der Waals surface area contributed by atoms with Crippen molar-refractivity contribution in [3.8, 4) is 11.5 Å². The van der Waals surface area contributed by atoms with Crippen LogP contribution in [-0.2, 0) is 5.41 Å². The van der Waals surface area contributed by atoms with Crippen molar-refractivity contribution in [1.82, 2.24) is 4.98 Å². The molecule has 1 fully saturated rings. The Kier molecular flexibility index (Phi) is 2.16. The molecule has 84 valence electrons.